The molecule has 1 aromatic carbocycles. The molecule has 96 valence electrons. The van der Waals surface area contributed by atoms with E-state index in [1.54, 1.807) is 24.7 Å². The molecule has 1 aromatic heterocycles. The SMILES string of the molecule is CS(=O)CCCNC(=O)c1ccc2nc[nH]c2c1. The summed E-state index contributed by atoms with van der Waals surface area (Å²) in [4.78, 5) is 18.9. The van der Waals surface area contributed by atoms with Crippen molar-refractivity contribution in [2.24, 2.45) is 0 Å². The molecule has 1 heterocycles. The maximum absolute atomic E-state index is 11.8. The molecule has 1 amide bonds. The number of H-pyrrole nitrogens is 1. The second-order valence-corrected chi connectivity index (χ2v) is 5.58. The van der Waals surface area contributed by atoms with Gasteiger partial charge in [-0.25, -0.2) is 4.98 Å². The molecule has 0 spiro atoms. The average molecular weight is 265 g/mol. The number of carbonyl (C=O) groups excluding carboxylic acids is 1. The first kappa shape index (κ1) is 12.8. The Morgan fingerprint density at radius 3 is 3.11 bits per heavy atom. The van der Waals surface area contributed by atoms with Crippen molar-refractivity contribution in [2.45, 2.75) is 6.42 Å². The van der Waals surface area contributed by atoms with Gasteiger partial charge in [-0.1, -0.05) is 0 Å². The molecular formula is C12H15N3O2S. The third-order valence-corrected chi connectivity index (χ3v) is 3.44. The van der Waals surface area contributed by atoms with Crippen LogP contribution < -0.4 is 5.32 Å². The van der Waals surface area contributed by atoms with Crippen LogP contribution in [-0.2, 0) is 10.8 Å². The van der Waals surface area contributed by atoms with E-state index in [1.165, 1.54) is 0 Å². The number of fused-ring (bicyclic) bond motifs is 1. The number of hydrogen-bond acceptors (Lipinski definition) is 3. The van der Waals surface area contributed by atoms with Gasteiger partial charge in [-0.3, -0.25) is 9.00 Å². The molecule has 0 saturated heterocycles. The molecule has 0 saturated carbocycles. The van der Waals surface area contributed by atoms with E-state index in [-0.39, 0.29) is 5.91 Å². The normalized spacial score (nSPS) is 12.5. The lowest BCUT2D eigenvalue weighted by Crippen LogP contribution is -2.25. The van der Waals surface area contributed by atoms with Gasteiger partial charge in [-0.05, 0) is 24.6 Å². The molecule has 18 heavy (non-hydrogen) atoms. The predicted octanol–water partition coefficient (Wildman–Crippen LogP) is 1.06. The first-order valence-corrected chi connectivity index (χ1v) is 7.41. The Morgan fingerprint density at radius 1 is 1.50 bits per heavy atom. The summed E-state index contributed by atoms with van der Waals surface area (Å²) in [5.41, 5.74) is 2.29. The van der Waals surface area contributed by atoms with Crippen molar-refractivity contribution in [3.8, 4) is 0 Å². The van der Waals surface area contributed by atoms with E-state index in [4.69, 9.17) is 0 Å². The van der Waals surface area contributed by atoms with Crippen LogP contribution in [0.3, 0.4) is 0 Å². The molecule has 0 aliphatic rings. The number of nitrogens with one attached hydrogen (secondary N) is 2. The van der Waals surface area contributed by atoms with E-state index in [0.29, 0.717) is 17.9 Å². The van der Waals surface area contributed by atoms with Gasteiger partial charge in [0.2, 0.25) is 0 Å². The summed E-state index contributed by atoms with van der Waals surface area (Å²) in [6.07, 6.45) is 3.98. The Kier molecular flexibility index (Phi) is 4.09. The smallest absolute Gasteiger partial charge is 0.251 e. The van der Waals surface area contributed by atoms with E-state index in [2.05, 4.69) is 15.3 Å². The van der Waals surface area contributed by atoms with Gasteiger partial charge >= 0.3 is 0 Å². The molecule has 2 rings (SSSR count). The van der Waals surface area contributed by atoms with Gasteiger partial charge in [0.05, 0.1) is 17.4 Å². The number of benzene rings is 1. The van der Waals surface area contributed by atoms with Gasteiger partial charge in [0.1, 0.15) is 0 Å². The molecule has 0 radical (unpaired) electrons. The Bertz CT molecular complexity index is 579. The standard InChI is InChI=1S/C12H15N3O2S/c1-18(17)6-2-5-13-12(16)9-3-4-10-11(7-9)15-8-14-10/h3-4,7-8H,2,5-6H2,1H3,(H,13,16)(H,14,15). The fourth-order valence-corrected chi connectivity index (χ4v) is 2.21. The number of rotatable bonds is 5. The van der Waals surface area contributed by atoms with Gasteiger partial charge < -0.3 is 10.3 Å². The Morgan fingerprint density at radius 2 is 2.33 bits per heavy atom. The molecule has 5 nitrogen and oxygen atoms in total. The number of carbonyl (C=O) groups is 1. The van der Waals surface area contributed by atoms with Crippen molar-refractivity contribution in [3.63, 3.8) is 0 Å². The summed E-state index contributed by atoms with van der Waals surface area (Å²) in [7, 11) is -0.803. The molecule has 0 bridgehead atoms. The zero-order chi connectivity index (χ0) is 13.0. The van der Waals surface area contributed by atoms with Crippen LogP contribution >= 0.6 is 0 Å². The largest absolute Gasteiger partial charge is 0.352 e. The number of aromatic amines is 1. The number of aromatic nitrogens is 2. The van der Waals surface area contributed by atoms with Crippen molar-refractivity contribution in [1.29, 1.82) is 0 Å². The quantitative estimate of drug-likeness (QED) is 0.794. The van der Waals surface area contributed by atoms with Crippen LogP contribution in [0.15, 0.2) is 24.5 Å². The van der Waals surface area contributed by atoms with E-state index in [0.717, 1.165) is 17.5 Å². The molecule has 1 unspecified atom stereocenters. The maximum atomic E-state index is 11.8. The minimum Gasteiger partial charge on any atom is -0.352 e. The van der Waals surface area contributed by atoms with Crippen LogP contribution in [0.5, 0.6) is 0 Å². The topological polar surface area (TPSA) is 74.8 Å². The number of nitrogens with zero attached hydrogens (tertiary/aromatic N) is 1. The monoisotopic (exact) mass is 265 g/mol. The summed E-state index contributed by atoms with van der Waals surface area (Å²) < 4.78 is 10.9. The summed E-state index contributed by atoms with van der Waals surface area (Å²) in [5, 5.41) is 2.80. The van der Waals surface area contributed by atoms with Crippen LogP contribution in [0.1, 0.15) is 16.8 Å². The molecule has 0 fully saturated rings. The highest BCUT2D eigenvalue weighted by Crippen LogP contribution is 2.11. The fraction of sp³-hybridized carbons (Fsp3) is 0.333. The second-order valence-electron chi connectivity index (χ2n) is 4.02. The van der Waals surface area contributed by atoms with Gasteiger partial charge in [0.15, 0.2) is 0 Å². The third-order valence-electron chi connectivity index (χ3n) is 2.58. The van der Waals surface area contributed by atoms with Crippen molar-refractivity contribution in [1.82, 2.24) is 15.3 Å². The fourth-order valence-electron chi connectivity index (χ4n) is 1.66. The van der Waals surface area contributed by atoms with Crippen molar-refractivity contribution in [3.05, 3.63) is 30.1 Å². The lowest BCUT2D eigenvalue weighted by Gasteiger charge is -2.04. The Labute approximate surface area is 107 Å². The zero-order valence-corrected chi connectivity index (χ0v) is 10.9. The predicted molar refractivity (Wildman–Crippen MR) is 72.0 cm³/mol. The van der Waals surface area contributed by atoms with Crippen LogP contribution in [-0.4, -0.2) is 38.6 Å². The molecular weight excluding hydrogens is 250 g/mol. The van der Waals surface area contributed by atoms with E-state index in [9.17, 15) is 9.00 Å². The molecule has 2 aromatic rings. The van der Waals surface area contributed by atoms with Gasteiger partial charge in [0, 0.05) is 34.9 Å². The highest BCUT2D eigenvalue weighted by molar-refractivity contribution is 7.84. The van der Waals surface area contributed by atoms with Crippen LogP contribution in [0.2, 0.25) is 0 Å². The Hall–Kier alpha value is -1.69. The van der Waals surface area contributed by atoms with Crippen molar-refractivity contribution >= 4 is 27.7 Å². The van der Waals surface area contributed by atoms with E-state index >= 15 is 0 Å². The van der Waals surface area contributed by atoms with Crippen LogP contribution in [0.4, 0.5) is 0 Å². The lowest BCUT2D eigenvalue weighted by atomic mass is 10.2. The number of hydrogen-bond donors (Lipinski definition) is 2. The number of amides is 1. The highest BCUT2D eigenvalue weighted by atomic mass is 32.2. The first-order valence-electron chi connectivity index (χ1n) is 5.68. The Balaban J connectivity index is 1.93. The number of imidazole rings is 1. The van der Waals surface area contributed by atoms with Crippen LogP contribution in [0.25, 0.3) is 11.0 Å². The van der Waals surface area contributed by atoms with Crippen molar-refractivity contribution < 1.29 is 9.00 Å². The molecule has 0 aliphatic heterocycles. The van der Waals surface area contributed by atoms with E-state index < -0.39 is 10.8 Å². The molecule has 6 heteroatoms. The highest BCUT2D eigenvalue weighted by Gasteiger charge is 2.06. The second kappa shape index (κ2) is 5.77. The van der Waals surface area contributed by atoms with Crippen molar-refractivity contribution in [2.75, 3.05) is 18.6 Å². The minimum atomic E-state index is -0.803. The summed E-state index contributed by atoms with van der Waals surface area (Å²) in [5.74, 6) is 0.494. The third kappa shape index (κ3) is 3.16. The van der Waals surface area contributed by atoms with Crippen LogP contribution in [0, 0.1) is 0 Å². The molecule has 0 aliphatic carbocycles. The zero-order valence-electron chi connectivity index (χ0n) is 10.1. The van der Waals surface area contributed by atoms with E-state index in [1.807, 2.05) is 6.07 Å². The van der Waals surface area contributed by atoms with Gasteiger partial charge in [-0.2, -0.15) is 0 Å². The summed E-state index contributed by atoms with van der Waals surface area (Å²) in [6, 6.07) is 5.33. The van der Waals surface area contributed by atoms with Gasteiger partial charge in [-0.15, -0.1) is 0 Å². The lowest BCUT2D eigenvalue weighted by molar-refractivity contribution is 0.0954. The maximum Gasteiger partial charge on any atom is 0.251 e. The van der Waals surface area contributed by atoms with Gasteiger partial charge in [0.25, 0.3) is 5.91 Å². The first-order chi connectivity index (χ1) is 8.66. The average Bonchev–Trinajstić information content (AvgIpc) is 2.81. The minimum absolute atomic E-state index is 0.117. The summed E-state index contributed by atoms with van der Waals surface area (Å²) >= 11 is 0. The molecule has 2 N–H and O–H groups in total. The summed E-state index contributed by atoms with van der Waals surface area (Å²) in [6.45, 7) is 0.541. The molecule has 1 atom stereocenters.